The largest absolute Gasteiger partial charge is 0.497 e. The fourth-order valence-corrected chi connectivity index (χ4v) is 2.71. The minimum Gasteiger partial charge on any atom is -0.497 e. The van der Waals surface area contributed by atoms with E-state index in [1.54, 1.807) is 42.5 Å². The Kier molecular flexibility index (Phi) is 4.55. The van der Waals surface area contributed by atoms with E-state index in [1.165, 1.54) is 24.2 Å². The number of benzene rings is 2. The third kappa shape index (κ3) is 3.45. The highest BCUT2D eigenvalue weighted by Crippen LogP contribution is 2.23. The molecule has 0 spiro atoms. The summed E-state index contributed by atoms with van der Waals surface area (Å²) in [7, 11) is 1.52. The summed E-state index contributed by atoms with van der Waals surface area (Å²) in [5, 5.41) is 11.6. The molecule has 2 aromatic heterocycles. The maximum Gasteiger partial charge on any atom is 0.338 e. The van der Waals surface area contributed by atoms with E-state index in [-0.39, 0.29) is 6.61 Å². The third-order valence-corrected chi connectivity index (χ3v) is 4.11. The number of aromatic nitrogens is 4. The monoisotopic (exact) mass is 378 g/mol. The molecule has 0 aliphatic rings. The predicted octanol–water partition coefficient (Wildman–Crippen LogP) is 2.13. The summed E-state index contributed by atoms with van der Waals surface area (Å²) in [6.45, 7) is -0.0675. The number of ether oxygens (including phenoxy) is 2. The molecule has 9 heteroatoms. The molecule has 0 fully saturated rings. The van der Waals surface area contributed by atoms with Crippen molar-refractivity contribution in [3.8, 4) is 11.4 Å². The Bertz CT molecular complexity index is 1180. The number of carbonyl (C=O) groups excluding carboxylic acids is 1. The van der Waals surface area contributed by atoms with Gasteiger partial charge in [-0.1, -0.05) is 0 Å². The topological polar surface area (TPSA) is 109 Å². The molecule has 4 aromatic rings. The van der Waals surface area contributed by atoms with Crippen molar-refractivity contribution in [2.75, 3.05) is 7.11 Å². The zero-order chi connectivity index (χ0) is 19.5. The molecule has 2 aromatic carbocycles. The summed E-state index contributed by atoms with van der Waals surface area (Å²) >= 11 is 0. The number of nitrogens with zero attached hydrogens (tertiary/aromatic N) is 4. The fourth-order valence-electron chi connectivity index (χ4n) is 2.71. The number of hydrogen-bond acceptors (Lipinski definition) is 8. The first-order valence-electron chi connectivity index (χ1n) is 8.25. The van der Waals surface area contributed by atoms with Gasteiger partial charge in [-0.05, 0) is 46.8 Å². The summed E-state index contributed by atoms with van der Waals surface area (Å²) in [4.78, 5) is 24.1. The summed E-state index contributed by atoms with van der Waals surface area (Å²) in [6, 6.07) is 13.0. The van der Waals surface area contributed by atoms with Crippen LogP contribution in [0.2, 0.25) is 0 Å². The zero-order valence-electron chi connectivity index (χ0n) is 14.7. The Morgan fingerprint density at radius 2 is 1.96 bits per heavy atom. The number of hydrogen-bond donors (Lipinski definition) is 0. The van der Waals surface area contributed by atoms with Crippen molar-refractivity contribution in [1.82, 2.24) is 20.2 Å². The van der Waals surface area contributed by atoms with Crippen molar-refractivity contribution in [2.24, 2.45) is 0 Å². The van der Waals surface area contributed by atoms with Crippen molar-refractivity contribution in [1.29, 1.82) is 0 Å². The average molecular weight is 378 g/mol. The van der Waals surface area contributed by atoms with Crippen molar-refractivity contribution in [3.63, 3.8) is 0 Å². The molecule has 2 heterocycles. The third-order valence-electron chi connectivity index (χ3n) is 4.11. The van der Waals surface area contributed by atoms with Crippen LogP contribution in [0.3, 0.4) is 0 Å². The average Bonchev–Trinajstić information content (AvgIpc) is 3.26. The van der Waals surface area contributed by atoms with E-state index in [0.29, 0.717) is 33.5 Å². The highest BCUT2D eigenvalue weighted by molar-refractivity contribution is 5.90. The Balaban J connectivity index is 1.52. The van der Waals surface area contributed by atoms with E-state index in [0.717, 1.165) is 0 Å². The number of tetrazole rings is 1. The molecule has 9 nitrogen and oxygen atoms in total. The first kappa shape index (κ1) is 17.4. The molecule has 4 rings (SSSR count). The van der Waals surface area contributed by atoms with Gasteiger partial charge in [-0.2, -0.15) is 0 Å². The molecule has 0 saturated carbocycles. The van der Waals surface area contributed by atoms with Crippen LogP contribution in [-0.2, 0) is 11.3 Å². The molecule has 0 amide bonds. The van der Waals surface area contributed by atoms with Gasteiger partial charge in [-0.15, -0.1) is 5.10 Å². The molecule has 0 atom stereocenters. The van der Waals surface area contributed by atoms with Crippen LogP contribution in [0.25, 0.3) is 16.7 Å². The van der Waals surface area contributed by atoms with Crippen LogP contribution in [0.15, 0.2) is 64.1 Å². The van der Waals surface area contributed by atoms with Crippen LogP contribution in [0.5, 0.6) is 5.75 Å². The second-order valence-corrected chi connectivity index (χ2v) is 5.83. The van der Waals surface area contributed by atoms with Gasteiger partial charge in [-0.3, -0.25) is 0 Å². The smallest absolute Gasteiger partial charge is 0.338 e. The summed E-state index contributed by atoms with van der Waals surface area (Å²) in [6.07, 6.45) is 1.45. The van der Waals surface area contributed by atoms with E-state index >= 15 is 0 Å². The molecule has 0 bridgehead atoms. The van der Waals surface area contributed by atoms with Gasteiger partial charge >= 0.3 is 11.6 Å². The normalized spacial score (nSPS) is 10.8. The molecule has 28 heavy (non-hydrogen) atoms. The number of rotatable bonds is 5. The summed E-state index contributed by atoms with van der Waals surface area (Å²) in [5.74, 6) is 0.0469. The lowest BCUT2D eigenvalue weighted by Crippen LogP contribution is -2.08. The van der Waals surface area contributed by atoms with E-state index in [4.69, 9.17) is 13.9 Å². The van der Waals surface area contributed by atoms with Crippen LogP contribution < -0.4 is 10.4 Å². The Labute approximate surface area is 158 Å². The van der Waals surface area contributed by atoms with Crippen molar-refractivity contribution >= 4 is 16.9 Å². The molecule has 0 unspecified atom stereocenters. The quantitative estimate of drug-likeness (QED) is 0.384. The van der Waals surface area contributed by atoms with Crippen LogP contribution in [0.4, 0.5) is 0 Å². The second-order valence-electron chi connectivity index (χ2n) is 5.83. The Morgan fingerprint density at radius 3 is 2.68 bits per heavy atom. The number of methoxy groups -OCH3 is 1. The maximum absolute atomic E-state index is 12.3. The van der Waals surface area contributed by atoms with Gasteiger partial charge in [-0.25, -0.2) is 14.3 Å². The van der Waals surface area contributed by atoms with Crippen LogP contribution in [0.1, 0.15) is 15.9 Å². The SMILES string of the molecule is COc1ccc2c(COC(=O)c3ccc(-n4cnnn4)cc3)cc(=O)oc2c1. The molecule has 0 radical (unpaired) electrons. The first-order chi connectivity index (χ1) is 13.6. The lowest BCUT2D eigenvalue weighted by Gasteiger charge is -2.08. The van der Waals surface area contributed by atoms with Crippen molar-refractivity contribution in [3.05, 3.63) is 76.4 Å². The van der Waals surface area contributed by atoms with Crippen molar-refractivity contribution in [2.45, 2.75) is 6.61 Å². The van der Waals surface area contributed by atoms with Crippen LogP contribution in [0, 0.1) is 0 Å². The molecular weight excluding hydrogens is 364 g/mol. The number of carbonyl (C=O) groups is 1. The van der Waals surface area contributed by atoms with E-state index < -0.39 is 11.6 Å². The minimum absolute atomic E-state index is 0.0675. The molecule has 0 aliphatic carbocycles. The van der Waals surface area contributed by atoms with Gasteiger partial charge in [0.1, 0.15) is 24.3 Å². The summed E-state index contributed by atoms with van der Waals surface area (Å²) < 4.78 is 17.2. The van der Waals surface area contributed by atoms with Gasteiger partial charge in [0.05, 0.1) is 18.4 Å². The van der Waals surface area contributed by atoms with Gasteiger partial charge in [0.2, 0.25) is 0 Å². The van der Waals surface area contributed by atoms with Crippen molar-refractivity contribution < 1.29 is 18.7 Å². The van der Waals surface area contributed by atoms with Gasteiger partial charge in [0.25, 0.3) is 0 Å². The standard InChI is InChI=1S/C19H14N4O5/c1-26-15-6-7-16-13(8-18(24)28-17(16)9-15)10-27-19(25)12-2-4-14(5-3-12)23-11-20-21-22-23/h2-9,11H,10H2,1H3. The van der Waals surface area contributed by atoms with Gasteiger partial charge in [0, 0.05) is 23.1 Å². The molecule has 0 N–H and O–H groups in total. The fraction of sp³-hybridized carbons (Fsp3) is 0.105. The van der Waals surface area contributed by atoms with E-state index in [9.17, 15) is 9.59 Å². The Morgan fingerprint density at radius 1 is 1.14 bits per heavy atom. The van der Waals surface area contributed by atoms with Gasteiger partial charge < -0.3 is 13.9 Å². The maximum atomic E-state index is 12.3. The number of fused-ring (bicyclic) bond motifs is 1. The molecular formula is C19H14N4O5. The lowest BCUT2D eigenvalue weighted by molar-refractivity contribution is 0.0474. The predicted molar refractivity (Wildman–Crippen MR) is 97.3 cm³/mol. The zero-order valence-corrected chi connectivity index (χ0v) is 14.7. The summed E-state index contributed by atoms with van der Waals surface area (Å²) in [5.41, 5.74) is 1.46. The lowest BCUT2D eigenvalue weighted by atomic mass is 10.1. The number of esters is 1. The minimum atomic E-state index is -0.530. The molecule has 0 saturated heterocycles. The molecule has 140 valence electrons. The second kappa shape index (κ2) is 7.31. The van der Waals surface area contributed by atoms with E-state index in [1.807, 2.05) is 0 Å². The Hall–Kier alpha value is -4.01. The van der Waals surface area contributed by atoms with Crippen LogP contribution >= 0.6 is 0 Å². The van der Waals surface area contributed by atoms with Crippen LogP contribution in [-0.4, -0.2) is 33.3 Å². The highest BCUT2D eigenvalue weighted by Gasteiger charge is 2.12. The highest BCUT2D eigenvalue weighted by atomic mass is 16.5. The van der Waals surface area contributed by atoms with E-state index in [2.05, 4.69) is 15.5 Å². The first-order valence-corrected chi connectivity index (χ1v) is 8.25. The van der Waals surface area contributed by atoms with Gasteiger partial charge in [0.15, 0.2) is 0 Å². The molecule has 0 aliphatic heterocycles.